The number of nitrogens with one attached hydrogen (secondary N) is 2. The van der Waals surface area contributed by atoms with Gasteiger partial charge in [-0.1, -0.05) is 27.5 Å². The number of thiophene rings is 1. The molecule has 0 fully saturated rings. The van der Waals surface area contributed by atoms with Crippen molar-refractivity contribution in [2.75, 3.05) is 12.4 Å². The second-order valence-electron chi connectivity index (χ2n) is 9.21. The number of methoxy groups -OCH3 is 1. The second kappa shape index (κ2) is 13.7. The molecule has 0 spiro atoms. The van der Waals surface area contributed by atoms with E-state index in [2.05, 4.69) is 31.8 Å². The van der Waals surface area contributed by atoms with Crippen molar-refractivity contribution in [3.63, 3.8) is 0 Å². The van der Waals surface area contributed by atoms with Crippen LogP contribution in [0.4, 0.5) is 11.4 Å². The quantitative estimate of drug-likeness (QED) is 0.0531. The summed E-state index contributed by atoms with van der Waals surface area (Å²) in [6, 6.07) is 21.7. The molecule has 0 saturated carbocycles. The molecule has 5 aromatic rings. The minimum absolute atomic E-state index is 0.101. The molecular weight excluding hydrogens is 688 g/mol. The van der Waals surface area contributed by atoms with Crippen molar-refractivity contribution in [1.29, 1.82) is 0 Å². The molecule has 0 bridgehead atoms. The van der Waals surface area contributed by atoms with Gasteiger partial charge >= 0.3 is 5.97 Å². The summed E-state index contributed by atoms with van der Waals surface area (Å²) < 4.78 is 11.9. The van der Waals surface area contributed by atoms with Crippen LogP contribution >= 0.6 is 38.9 Å². The normalized spacial score (nSPS) is 10.9. The molecule has 0 aliphatic rings. The van der Waals surface area contributed by atoms with E-state index in [1.54, 1.807) is 42.5 Å². The third kappa shape index (κ3) is 7.34. The Labute approximate surface area is 272 Å². The van der Waals surface area contributed by atoms with E-state index < -0.39 is 22.7 Å². The molecule has 11 nitrogen and oxygen atoms in total. The highest BCUT2D eigenvalue weighted by Crippen LogP contribution is 2.37. The van der Waals surface area contributed by atoms with E-state index in [1.165, 1.54) is 55.8 Å². The number of non-ortho nitro benzene ring substituents is 1. The van der Waals surface area contributed by atoms with Gasteiger partial charge in [0.25, 0.3) is 17.5 Å². The third-order valence-electron chi connectivity index (χ3n) is 6.30. The number of nitro benzene ring substituents is 1. The summed E-state index contributed by atoms with van der Waals surface area (Å²) in [5, 5.41) is 18.5. The second-order valence-corrected chi connectivity index (χ2v) is 11.6. The number of amides is 2. The number of carbonyl (C=O) groups excluding carboxylic acids is 3. The number of hydrogen-bond acceptors (Lipinski definition) is 9. The van der Waals surface area contributed by atoms with Crippen molar-refractivity contribution in [3.05, 3.63) is 126 Å². The molecule has 1 aromatic heterocycles. The van der Waals surface area contributed by atoms with Crippen molar-refractivity contribution in [3.8, 4) is 11.5 Å². The van der Waals surface area contributed by atoms with Gasteiger partial charge in [-0.15, -0.1) is 11.3 Å². The Morgan fingerprint density at radius 2 is 1.67 bits per heavy atom. The number of ether oxygens (including phenoxy) is 2. The van der Waals surface area contributed by atoms with E-state index in [0.29, 0.717) is 37.1 Å². The van der Waals surface area contributed by atoms with Gasteiger partial charge in [-0.25, -0.2) is 10.2 Å². The summed E-state index contributed by atoms with van der Waals surface area (Å²) >= 11 is 10.8. The van der Waals surface area contributed by atoms with Gasteiger partial charge < -0.3 is 14.8 Å². The van der Waals surface area contributed by atoms with Crippen molar-refractivity contribution >= 4 is 84.3 Å². The molecule has 14 heteroatoms. The van der Waals surface area contributed by atoms with Gasteiger partial charge in [0.1, 0.15) is 16.4 Å². The largest absolute Gasteiger partial charge is 0.497 e. The number of halogens is 2. The SMILES string of the molecule is COc1ccc(C(=O)Oc2ccc(Br)cc2/C=N\NC(=O)c2ccc(NC(=O)c3sc4cc([N+](=O)[O-])ccc4c3Cl)cc2)cc1. The van der Waals surface area contributed by atoms with Crippen LogP contribution in [-0.4, -0.2) is 36.0 Å². The van der Waals surface area contributed by atoms with Crippen LogP contribution in [0.2, 0.25) is 5.02 Å². The lowest BCUT2D eigenvalue weighted by molar-refractivity contribution is -0.384. The molecular formula is C31H20BrClN4O7S. The van der Waals surface area contributed by atoms with Gasteiger partial charge in [0, 0.05) is 43.5 Å². The molecule has 0 atom stereocenters. The lowest BCUT2D eigenvalue weighted by Crippen LogP contribution is -2.18. The molecule has 2 N–H and O–H groups in total. The van der Waals surface area contributed by atoms with Crippen LogP contribution in [0.15, 0.2) is 94.5 Å². The topological polar surface area (TPSA) is 149 Å². The van der Waals surface area contributed by atoms with E-state index in [4.69, 9.17) is 21.1 Å². The summed E-state index contributed by atoms with van der Waals surface area (Å²) in [6.07, 6.45) is 1.34. The number of fused-ring (bicyclic) bond motifs is 1. The number of carbonyl (C=O) groups is 3. The average Bonchev–Trinajstić information content (AvgIpc) is 3.38. The summed E-state index contributed by atoms with van der Waals surface area (Å²) in [4.78, 5) is 49.0. The maximum absolute atomic E-state index is 12.9. The molecule has 0 radical (unpaired) electrons. The molecule has 45 heavy (non-hydrogen) atoms. The summed E-state index contributed by atoms with van der Waals surface area (Å²) in [6.45, 7) is 0. The number of hydrogen-bond donors (Lipinski definition) is 2. The molecule has 1 heterocycles. The predicted molar refractivity (Wildman–Crippen MR) is 175 cm³/mol. The number of esters is 1. The molecule has 0 aliphatic carbocycles. The molecule has 2 amide bonds. The van der Waals surface area contributed by atoms with Gasteiger partial charge in [-0.05, 0) is 72.8 Å². The fraction of sp³-hybridized carbons (Fsp3) is 0.0323. The number of hydrazone groups is 1. The first kappa shape index (κ1) is 31.3. The molecule has 0 aliphatic heterocycles. The highest BCUT2D eigenvalue weighted by molar-refractivity contribution is 9.10. The van der Waals surface area contributed by atoms with Crippen molar-refractivity contribution in [1.82, 2.24) is 5.43 Å². The van der Waals surface area contributed by atoms with Gasteiger partial charge in [-0.3, -0.25) is 19.7 Å². The van der Waals surface area contributed by atoms with Crippen LogP contribution < -0.4 is 20.2 Å². The Bertz CT molecular complexity index is 1980. The zero-order valence-electron chi connectivity index (χ0n) is 23.1. The highest BCUT2D eigenvalue weighted by atomic mass is 79.9. The van der Waals surface area contributed by atoms with Gasteiger partial charge in [0.05, 0.1) is 28.8 Å². The maximum Gasteiger partial charge on any atom is 0.343 e. The van der Waals surface area contributed by atoms with Gasteiger partial charge in [0.15, 0.2) is 0 Å². The van der Waals surface area contributed by atoms with E-state index in [9.17, 15) is 24.5 Å². The third-order valence-corrected chi connectivity index (χ3v) is 8.45. The Morgan fingerprint density at radius 3 is 2.36 bits per heavy atom. The van der Waals surface area contributed by atoms with Gasteiger partial charge in [0.2, 0.25) is 0 Å². The Morgan fingerprint density at radius 1 is 0.956 bits per heavy atom. The predicted octanol–water partition coefficient (Wildman–Crippen LogP) is 7.47. The van der Waals surface area contributed by atoms with Crippen LogP contribution in [0.1, 0.15) is 36.0 Å². The van der Waals surface area contributed by atoms with Crippen LogP contribution in [0.5, 0.6) is 11.5 Å². The first-order valence-electron chi connectivity index (χ1n) is 12.9. The number of benzene rings is 4. The van der Waals surface area contributed by atoms with E-state index >= 15 is 0 Å². The summed E-state index contributed by atoms with van der Waals surface area (Å²) in [5.74, 6) is -0.765. The zero-order valence-corrected chi connectivity index (χ0v) is 26.2. The van der Waals surface area contributed by atoms with Crippen LogP contribution in [0.3, 0.4) is 0 Å². The fourth-order valence-electron chi connectivity index (χ4n) is 4.03. The van der Waals surface area contributed by atoms with Crippen molar-refractivity contribution in [2.45, 2.75) is 0 Å². The monoisotopic (exact) mass is 706 g/mol. The number of anilines is 1. The van der Waals surface area contributed by atoms with Crippen molar-refractivity contribution < 1.29 is 28.8 Å². The van der Waals surface area contributed by atoms with E-state index in [0.717, 1.165) is 11.3 Å². The summed E-state index contributed by atoms with van der Waals surface area (Å²) in [5.41, 5.74) is 3.74. The number of rotatable bonds is 9. The average molecular weight is 708 g/mol. The van der Waals surface area contributed by atoms with Crippen molar-refractivity contribution in [2.24, 2.45) is 5.10 Å². The molecule has 226 valence electrons. The van der Waals surface area contributed by atoms with Crippen LogP contribution in [0.25, 0.3) is 10.1 Å². The first-order valence-corrected chi connectivity index (χ1v) is 14.9. The lowest BCUT2D eigenvalue weighted by atomic mass is 10.2. The lowest BCUT2D eigenvalue weighted by Gasteiger charge is -2.09. The molecule has 4 aromatic carbocycles. The Balaban J connectivity index is 1.22. The first-order chi connectivity index (χ1) is 21.6. The smallest absolute Gasteiger partial charge is 0.343 e. The fourth-order valence-corrected chi connectivity index (χ4v) is 5.85. The van der Waals surface area contributed by atoms with Crippen LogP contribution in [0, 0.1) is 10.1 Å². The minimum atomic E-state index is -0.579. The number of nitrogens with zero attached hydrogens (tertiary/aromatic N) is 2. The molecule has 0 saturated heterocycles. The Kier molecular flexibility index (Phi) is 9.52. The standard InChI is InChI=1S/C31H20BrClN4O7S/c1-43-23-10-4-18(5-11-23)31(40)44-25-13-6-20(32)14-19(25)16-34-36-29(38)17-2-7-21(8-3-17)35-30(39)28-27(33)24-12-9-22(37(41)42)15-26(24)45-28/h2-16H,1H3,(H,35,39)(H,36,38)/b34-16-. The minimum Gasteiger partial charge on any atom is -0.497 e. The van der Waals surface area contributed by atoms with Gasteiger partial charge in [-0.2, -0.15) is 5.10 Å². The summed E-state index contributed by atoms with van der Waals surface area (Å²) in [7, 11) is 1.53. The highest BCUT2D eigenvalue weighted by Gasteiger charge is 2.20. The molecule has 5 rings (SSSR count). The molecule has 0 unspecified atom stereocenters. The number of nitro groups is 1. The maximum atomic E-state index is 12.9. The Hall–Kier alpha value is -5.11. The zero-order chi connectivity index (χ0) is 32.1. The van der Waals surface area contributed by atoms with Crippen LogP contribution in [-0.2, 0) is 0 Å². The van der Waals surface area contributed by atoms with E-state index in [-0.39, 0.29) is 26.9 Å². The van der Waals surface area contributed by atoms with E-state index in [1.807, 2.05) is 0 Å².